The number of hydrogen-bond acceptors (Lipinski definition) is 3. The van der Waals surface area contributed by atoms with Crippen molar-refractivity contribution in [1.29, 1.82) is 0 Å². The highest BCUT2D eigenvalue weighted by Gasteiger charge is 2.21. The number of carbonyl (C=O) groups excluding carboxylic acids is 1. The number of nitrogens with zero attached hydrogens (tertiary/aromatic N) is 1. The topological polar surface area (TPSA) is 66.6 Å². The highest BCUT2D eigenvalue weighted by atomic mass is 16.3. The summed E-state index contributed by atoms with van der Waals surface area (Å²) in [6.07, 6.45) is 4.55. The molecule has 3 N–H and O–H groups in total. The van der Waals surface area contributed by atoms with Crippen LogP contribution < -0.4 is 5.73 Å². The SMILES string of the molecule is NC(=O)c1ccccc1CN1CCCCCC1CO. The van der Waals surface area contributed by atoms with E-state index in [1.165, 1.54) is 12.8 Å². The Morgan fingerprint density at radius 3 is 2.84 bits per heavy atom. The standard InChI is InChI=1S/C15H22N2O2/c16-15(19)14-8-4-3-6-12(14)10-17-9-5-1-2-7-13(17)11-18/h3-4,6,8,13,18H,1-2,5,7,9-11H2,(H2,16,19). The molecule has 4 nitrogen and oxygen atoms in total. The van der Waals surface area contributed by atoms with Crippen LogP contribution >= 0.6 is 0 Å². The Labute approximate surface area is 114 Å². The van der Waals surface area contributed by atoms with E-state index in [4.69, 9.17) is 5.73 Å². The van der Waals surface area contributed by atoms with Gasteiger partial charge in [-0.05, 0) is 31.0 Å². The molecule has 0 aliphatic carbocycles. The quantitative estimate of drug-likeness (QED) is 0.864. The van der Waals surface area contributed by atoms with Gasteiger partial charge < -0.3 is 10.8 Å². The van der Waals surface area contributed by atoms with Crippen molar-refractivity contribution in [2.24, 2.45) is 5.73 Å². The van der Waals surface area contributed by atoms with Crippen molar-refractivity contribution in [2.45, 2.75) is 38.3 Å². The van der Waals surface area contributed by atoms with E-state index >= 15 is 0 Å². The van der Waals surface area contributed by atoms with Crippen LogP contribution in [0.3, 0.4) is 0 Å². The van der Waals surface area contributed by atoms with E-state index in [0.717, 1.165) is 24.9 Å². The Bertz CT molecular complexity index is 434. The van der Waals surface area contributed by atoms with E-state index in [-0.39, 0.29) is 18.6 Å². The third-order valence-corrected chi connectivity index (χ3v) is 3.87. The van der Waals surface area contributed by atoms with Gasteiger partial charge in [-0.2, -0.15) is 0 Å². The lowest BCUT2D eigenvalue weighted by Crippen LogP contribution is -2.37. The number of aliphatic hydroxyl groups is 1. The van der Waals surface area contributed by atoms with Crippen LogP contribution in [-0.2, 0) is 6.54 Å². The second-order valence-corrected chi connectivity index (χ2v) is 5.18. The Kier molecular flexibility index (Phi) is 4.93. The average Bonchev–Trinajstić information content (AvgIpc) is 2.64. The van der Waals surface area contributed by atoms with E-state index in [1.807, 2.05) is 18.2 Å². The van der Waals surface area contributed by atoms with Crippen LogP contribution in [0.5, 0.6) is 0 Å². The van der Waals surface area contributed by atoms with Gasteiger partial charge in [-0.3, -0.25) is 9.69 Å². The van der Waals surface area contributed by atoms with E-state index < -0.39 is 0 Å². The molecular formula is C15H22N2O2. The largest absolute Gasteiger partial charge is 0.395 e. The first-order chi connectivity index (χ1) is 9.22. The van der Waals surface area contributed by atoms with Crippen molar-refractivity contribution >= 4 is 5.91 Å². The van der Waals surface area contributed by atoms with Crippen LogP contribution in [0.1, 0.15) is 41.6 Å². The van der Waals surface area contributed by atoms with Crippen molar-refractivity contribution < 1.29 is 9.90 Å². The number of carbonyl (C=O) groups is 1. The minimum atomic E-state index is -0.383. The summed E-state index contributed by atoms with van der Waals surface area (Å²) in [6, 6.07) is 7.66. The summed E-state index contributed by atoms with van der Waals surface area (Å²) in [5.41, 5.74) is 6.95. The molecule has 0 radical (unpaired) electrons. The zero-order valence-corrected chi connectivity index (χ0v) is 11.2. The average molecular weight is 262 g/mol. The van der Waals surface area contributed by atoms with Gasteiger partial charge in [0.15, 0.2) is 0 Å². The van der Waals surface area contributed by atoms with Crippen LogP contribution in [0.15, 0.2) is 24.3 Å². The molecular weight excluding hydrogens is 240 g/mol. The lowest BCUT2D eigenvalue weighted by Gasteiger charge is -2.29. The number of primary amides is 1. The maximum Gasteiger partial charge on any atom is 0.249 e. The normalized spacial score (nSPS) is 21.0. The molecule has 1 atom stereocenters. The van der Waals surface area contributed by atoms with Gasteiger partial charge in [-0.1, -0.05) is 31.0 Å². The predicted molar refractivity (Wildman–Crippen MR) is 74.7 cm³/mol. The first-order valence-electron chi connectivity index (χ1n) is 6.95. The highest BCUT2D eigenvalue weighted by Crippen LogP contribution is 2.20. The second kappa shape index (κ2) is 6.68. The molecule has 0 saturated carbocycles. The summed E-state index contributed by atoms with van der Waals surface area (Å²) in [6.45, 7) is 1.83. The maximum atomic E-state index is 11.4. The van der Waals surface area contributed by atoms with Crippen LogP contribution in [0.25, 0.3) is 0 Å². The molecule has 0 bridgehead atoms. The van der Waals surface area contributed by atoms with Gasteiger partial charge in [0.1, 0.15) is 0 Å². The third kappa shape index (κ3) is 3.55. The molecule has 1 fully saturated rings. The fraction of sp³-hybridized carbons (Fsp3) is 0.533. The van der Waals surface area contributed by atoms with Crippen molar-refractivity contribution in [2.75, 3.05) is 13.2 Å². The van der Waals surface area contributed by atoms with Crippen molar-refractivity contribution in [3.8, 4) is 0 Å². The molecule has 104 valence electrons. The van der Waals surface area contributed by atoms with Gasteiger partial charge in [0, 0.05) is 18.2 Å². The summed E-state index contributed by atoms with van der Waals surface area (Å²) >= 11 is 0. The predicted octanol–water partition coefficient (Wildman–Crippen LogP) is 1.52. The summed E-state index contributed by atoms with van der Waals surface area (Å²) in [5.74, 6) is -0.383. The molecule has 0 spiro atoms. The summed E-state index contributed by atoms with van der Waals surface area (Å²) in [7, 11) is 0. The molecule has 19 heavy (non-hydrogen) atoms. The minimum Gasteiger partial charge on any atom is -0.395 e. The highest BCUT2D eigenvalue weighted by molar-refractivity contribution is 5.94. The summed E-state index contributed by atoms with van der Waals surface area (Å²) < 4.78 is 0. The molecule has 2 rings (SSSR count). The molecule has 1 unspecified atom stereocenters. The number of likely N-dealkylation sites (tertiary alicyclic amines) is 1. The van der Waals surface area contributed by atoms with Crippen LogP contribution in [-0.4, -0.2) is 35.1 Å². The van der Waals surface area contributed by atoms with Crippen LogP contribution in [0, 0.1) is 0 Å². The maximum absolute atomic E-state index is 11.4. The Morgan fingerprint density at radius 2 is 2.11 bits per heavy atom. The molecule has 1 amide bonds. The Balaban J connectivity index is 2.16. The van der Waals surface area contributed by atoms with Crippen molar-refractivity contribution in [3.05, 3.63) is 35.4 Å². The first kappa shape index (κ1) is 14.0. The minimum absolute atomic E-state index is 0.179. The number of amides is 1. The van der Waals surface area contributed by atoms with E-state index in [1.54, 1.807) is 6.07 Å². The molecule has 1 aliphatic rings. The number of benzene rings is 1. The number of hydrogen-bond donors (Lipinski definition) is 2. The van der Waals surface area contributed by atoms with Gasteiger partial charge >= 0.3 is 0 Å². The van der Waals surface area contributed by atoms with Crippen molar-refractivity contribution in [1.82, 2.24) is 4.90 Å². The zero-order chi connectivity index (χ0) is 13.7. The second-order valence-electron chi connectivity index (χ2n) is 5.18. The first-order valence-corrected chi connectivity index (χ1v) is 6.95. The number of aliphatic hydroxyl groups excluding tert-OH is 1. The molecule has 1 aromatic rings. The van der Waals surface area contributed by atoms with Crippen molar-refractivity contribution in [3.63, 3.8) is 0 Å². The lowest BCUT2D eigenvalue weighted by atomic mass is 10.1. The molecule has 1 aromatic carbocycles. The Morgan fingerprint density at radius 1 is 1.32 bits per heavy atom. The fourth-order valence-electron chi connectivity index (χ4n) is 2.77. The van der Waals surface area contributed by atoms with E-state index in [0.29, 0.717) is 12.1 Å². The van der Waals surface area contributed by atoms with Gasteiger partial charge in [0.25, 0.3) is 0 Å². The number of nitrogens with two attached hydrogens (primary N) is 1. The Hall–Kier alpha value is -1.39. The smallest absolute Gasteiger partial charge is 0.249 e. The third-order valence-electron chi connectivity index (χ3n) is 3.87. The molecule has 4 heteroatoms. The molecule has 1 aliphatic heterocycles. The molecule has 1 heterocycles. The monoisotopic (exact) mass is 262 g/mol. The van der Waals surface area contributed by atoms with E-state index in [9.17, 15) is 9.90 Å². The zero-order valence-electron chi connectivity index (χ0n) is 11.2. The molecule has 0 aromatic heterocycles. The number of rotatable bonds is 4. The van der Waals surface area contributed by atoms with Gasteiger partial charge in [0.05, 0.1) is 6.61 Å². The fourth-order valence-corrected chi connectivity index (χ4v) is 2.77. The van der Waals surface area contributed by atoms with Gasteiger partial charge in [0.2, 0.25) is 5.91 Å². The summed E-state index contributed by atoms with van der Waals surface area (Å²) in [5, 5.41) is 9.51. The lowest BCUT2D eigenvalue weighted by molar-refractivity contribution is 0.0992. The van der Waals surface area contributed by atoms with Gasteiger partial charge in [-0.15, -0.1) is 0 Å². The van der Waals surface area contributed by atoms with Crippen LogP contribution in [0.4, 0.5) is 0 Å². The van der Waals surface area contributed by atoms with Crippen LogP contribution in [0.2, 0.25) is 0 Å². The molecule has 1 saturated heterocycles. The van der Waals surface area contributed by atoms with Gasteiger partial charge in [-0.25, -0.2) is 0 Å². The van der Waals surface area contributed by atoms with E-state index in [2.05, 4.69) is 4.90 Å². The summed E-state index contributed by atoms with van der Waals surface area (Å²) in [4.78, 5) is 13.7.